The number of fused-ring (bicyclic) bond motifs is 1. The Morgan fingerprint density at radius 2 is 1.96 bits per heavy atom. The molecular formula is C18H15F2N3O3. The maximum atomic E-state index is 13.4. The molecule has 1 N–H and O–H groups in total. The van der Waals surface area contributed by atoms with Crippen molar-refractivity contribution in [3.63, 3.8) is 0 Å². The molecule has 2 aromatic carbocycles. The molecule has 0 aliphatic heterocycles. The first-order valence-electron chi connectivity index (χ1n) is 7.66. The van der Waals surface area contributed by atoms with Crippen molar-refractivity contribution in [3.05, 3.63) is 69.8 Å². The zero-order chi connectivity index (χ0) is 18.8. The second-order valence-electron chi connectivity index (χ2n) is 5.69. The van der Waals surface area contributed by atoms with E-state index in [4.69, 9.17) is 0 Å². The van der Waals surface area contributed by atoms with Gasteiger partial charge in [-0.25, -0.2) is 18.6 Å². The standard InChI is InChI=1S/C18H15F2N3O3/c1-23(11-4-6-13(19)14(20)8-11)9-16-21-15-7-10(18(25)26-2)3-5-12(15)17(24)22-16/h3-8H,9H2,1-2H3,(H,21,22,24). The smallest absolute Gasteiger partial charge is 0.337 e. The quantitative estimate of drug-likeness (QED) is 0.725. The topological polar surface area (TPSA) is 75.3 Å². The third kappa shape index (κ3) is 3.39. The molecule has 1 aromatic heterocycles. The normalized spacial score (nSPS) is 10.8. The Hall–Kier alpha value is -3.29. The number of esters is 1. The summed E-state index contributed by atoms with van der Waals surface area (Å²) in [5.74, 6) is -2.11. The lowest BCUT2D eigenvalue weighted by atomic mass is 10.1. The van der Waals surface area contributed by atoms with Crippen LogP contribution in [-0.2, 0) is 11.3 Å². The van der Waals surface area contributed by atoms with Crippen LogP contribution < -0.4 is 10.5 Å². The second-order valence-corrected chi connectivity index (χ2v) is 5.69. The summed E-state index contributed by atoms with van der Waals surface area (Å²) in [6, 6.07) is 7.96. The van der Waals surface area contributed by atoms with Crippen LogP contribution in [0.5, 0.6) is 0 Å². The van der Waals surface area contributed by atoms with Gasteiger partial charge in [-0.15, -0.1) is 0 Å². The minimum absolute atomic E-state index is 0.151. The Labute approximate surface area is 147 Å². The van der Waals surface area contributed by atoms with Gasteiger partial charge in [0.2, 0.25) is 0 Å². The molecule has 6 nitrogen and oxygen atoms in total. The monoisotopic (exact) mass is 359 g/mol. The van der Waals surface area contributed by atoms with Crippen molar-refractivity contribution in [2.75, 3.05) is 19.1 Å². The molecule has 0 aliphatic rings. The van der Waals surface area contributed by atoms with Crippen molar-refractivity contribution in [1.29, 1.82) is 0 Å². The number of halogens is 2. The van der Waals surface area contributed by atoms with Crippen LogP contribution >= 0.6 is 0 Å². The van der Waals surface area contributed by atoms with Crippen LogP contribution in [0.1, 0.15) is 16.2 Å². The first-order valence-corrected chi connectivity index (χ1v) is 7.66. The van der Waals surface area contributed by atoms with Crippen LogP contribution in [0.2, 0.25) is 0 Å². The Kier molecular flexibility index (Phi) is 4.66. The van der Waals surface area contributed by atoms with Crippen LogP contribution in [0, 0.1) is 11.6 Å². The number of carbonyl (C=O) groups is 1. The van der Waals surface area contributed by atoms with Gasteiger partial charge in [0.05, 0.1) is 30.1 Å². The number of ether oxygens (including phenoxy) is 1. The van der Waals surface area contributed by atoms with Crippen LogP contribution in [-0.4, -0.2) is 30.1 Å². The molecule has 134 valence electrons. The van der Waals surface area contributed by atoms with Gasteiger partial charge in [-0.1, -0.05) is 0 Å². The molecule has 0 amide bonds. The number of aromatic amines is 1. The van der Waals surface area contributed by atoms with E-state index in [2.05, 4.69) is 14.7 Å². The fourth-order valence-corrected chi connectivity index (χ4v) is 2.55. The van der Waals surface area contributed by atoms with Crippen molar-refractivity contribution < 1.29 is 18.3 Å². The lowest BCUT2D eigenvalue weighted by molar-refractivity contribution is 0.0601. The molecule has 0 saturated heterocycles. The van der Waals surface area contributed by atoms with E-state index in [1.165, 1.54) is 31.4 Å². The number of H-pyrrole nitrogens is 1. The number of nitrogens with zero attached hydrogens (tertiary/aromatic N) is 2. The van der Waals surface area contributed by atoms with Gasteiger partial charge in [0.1, 0.15) is 5.82 Å². The molecule has 8 heteroatoms. The van der Waals surface area contributed by atoms with Crippen LogP contribution in [0.25, 0.3) is 10.9 Å². The molecule has 0 bridgehead atoms. The zero-order valence-electron chi connectivity index (χ0n) is 14.0. The first-order chi connectivity index (χ1) is 12.4. The van der Waals surface area contributed by atoms with E-state index in [1.807, 2.05) is 0 Å². The van der Waals surface area contributed by atoms with Gasteiger partial charge in [-0.3, -0.25) is 4.79 Å². The van der Waals surface area contributed by atoms with Crippen molar-refractivity contribution in [2.45, 2.75) is 6.54 Å². The first kappa shape index (κ1) is 17.5. The van der Waals surface area contributed by atoms with E-state index >= 15 is 0 Å². The van der Waals surface area contributed by atoms with Crippen LogP contribution in [0.15, 0.2) is 41.2 Å². The van der Waals surface area contributed by atoms with Crippen LogP contribution in [0.4, 0.5) is 14.5 Å². The summed E-state index contributed by atoms with van der Waals surface area (Å²) in [5, 5.41) is 0.330. The van der Waals surface area contributed by atoms with Crippen molar-refractivity contribution in [1.82, 2.24) is 9.97 Å². The molecule has 3 aromatic rings. The molecule has 0 saturated carbocycles. The Bertz CT molecular complexity index is 1050. The minimum Gasteiger partial charge on any atom is -0.465 e. The zero-order valence-corrected chi connectivity index (χ0v) is 14.0. The highest BCUT2D eigenvalue weighted by Crippen LogP contribution is 2.18. The predicted octanol–water partition coefficient (Wildman–Crippen LogP) is 2.62. The molecular weight excluding hydrogens is 344 g/mol. The third-order valence-corrected chi connectivity index (χ3v) is 3.91. The van der Waals surface area contributed by atoms with Gasteiger partial charge in [-0.05, 0) is 30.3 Å². The van der Waals surface area contributed by atoms with Gasteiger partial charge >= 0.3 is 5.97 Å². The summed E-state index contributed by atoms with van der Waals surface area (Å²) < 4.78 is 31.1. The van der Waals surface area contributed by atoms with Gasteiger partial charge in [-0.2, -0.15) is 0 Å². The molecule has 0 aliphatic carbocycles. The maximum Gasteiger partial charge on any atom is 0.337 e. The van der Waals surface area contributed by atoms with E-state index in [1.54, 1.807) is 11.9 Å². The lowest BCUT2D eigenvalue weighted by Crippen LogP contribution is -2.22. The fourth-order valence-electron chi connectivity index (χ4n) is 2.55. The van der Waals surface area contributed by atoms with E-state index in [0.29, 0.717) is 22.4 Å². The molecule has 0 fully saturated rings. The number of hydrogen-bond acceptors (Lipinski definition) is 5. The van der Waals surface area contributed by atoms with Gasteiger partial charge < -0.3 is 14.6 Å². The summed E-state index contributed by atoms with van der Waals surface area (Å²) >= 11 is 0. The van der Waals surface area contributed by atoms with Crippen molar-refractivity contribution in [2.24, 2.45) is 0 Å². The van der Waals surface area contributed by atoms with E-state index in [9.17, 15) is 18.4 Å². The molecule has 0 unspecified atom stereocenters. The van der Waals surface area contributed by atoms with E-state index < -0.39 is 17.6 Å². The Morgan fingerprint density at radius 3 is 2.65 bits per heavy atom. The Balaban J connectivity index is 1.95. The highest BCUT2D eigenvalue weighted by atomic mass is 19.2. The number of anilines is 1. The van der Waals surface area contributed by atoms with Gasteiger partial charge in [0, 0.05) is 18.8 Å². The average Bonchev–Trinajstić information content (AvgIpc) is 2.62. The summed E-state index contributed by atoms with van der Waals surface area (Å²) in [5.41, 5.74) is 0.679. The van der Waals surface area contributed by atoms with Crippen molar-refractivity contribution >= 4 is 22.6 Å². The number of carbonyl (C=O) groups excluding carboxylic acids is 1. The lowest BCUT2D eigenvalue weighted by Gasteiger charge is -2.19. The summed E-state index contributed by atoms with van der Waals surface area (Å²) in [7, 11) is 2.92. The molecule has 0 atom stereocenters. The predicted molar refractivity (Wildman–Crippen MR) is 92.2 cm³/mol. The fraction of sp³-hybridized carbons (Fsp3) is 0.167. The number of aromatic nitrogens is 2. The number of rotatable bonds is 4. The highest BCUT2D eigenvalue weighted by Gasteiger charge is 2.12. The molecule has 1 heterocycles. The summed E-state index contributed by atoms with van der Waals surface area (Å²) in [6.07, 6.45) is 0. The Morgan fingerprint density at radius 1 is 1.19 bits per heavy atom. The maximum absolute atomic E-state index is 13.4. The van der Waals surface area contributed by atoms with Crippen molar-refractivity contribution in [3.8, 4) is 0 Å². The molecule has 0 radical (unpaired) electrons. The van der Waals surface area contributed by atoms with Gasteiger partial charge in [0.25, 0.3) is 5.56 Å². The largest absolute Gasteiger partial charge is 0.465 e. The molecule has 0 spiro atoms. The highest BCUT2D eigenvalue weighted by molar-refractivity contribution is 5.93. The third-order valence-electron chi connectivity index (χ3n) is 3.91. The van der Waals surface area contributed by atoms with E-state index in [0.717, 1.165) is 12.1 Å². The number of methoxy groups -OCH3 is 1. The minimum atomic E-state index is -0.961. The second kappa shape index (κ2) is 6.91. The number of hydrogen-bond donors (Lipinski definition) is 1. The number of benzene rings is 2. The van der Waals surface area contributed by atoms with Gasteiger partial charge in [0.15, 0.2) is 11.6 Å². The molecule has 26 heavy (non-hydrogen) atoms. The van der Waals surface area contributed by atoms with E-state index in [-0.39, 0.29) is 17.7 Å². The summed E-state index contributed by atoms with van der Waals surface area (Å²) in [4.78, 5) is 32.5. The summed E-state index contributed by atoms with van der Waals surface area (Å²) in [6.45, 7) is 0.151. The van der Waals surface area contributed by atoms with Crippen LogP contribution in [0.3, 0.4) is 0 Å². The SMILES string of the molecule is COC(=O)c1ccc2c(=O)[nH]c(CN(C)c3ccc(F)c(F)c3)nc2c1. The average molecular weight is 359 g/mol. The number of nitrogens with one attached hydrogen (secondary N) is 1. The molecule has 3 rings (SSSR count).